The van der Waals surface area contributed by atoms with Crippen molar-refractivity contribution in [2.24, 2.45) is 5.73 Å². The van der Waals surface area contributed by atoms with E-state index in [1.165, 1.54) is 0 Å². The molecule has 0 radical (unpaired) electrons. The number of carbonyl (C=O) groups is 2. The lowest BCUT2D eigenvalue weighted by molar-refractivity contribution is -0.121. The molecule has 1 aliphatic rings. The van der Waals surface area contributed by atoms with E-state index >= 15 is 0 Å². The van der Waals surface area contributed by atoms with Gasteiger partial charge in [-0.1, -0.05) is 93.7 Å². The third kappa shape index (κ3) is 20.0. The van der Waals surface area contributed by atoms with Gasteiger partial charge in [-0.05, 0) is 76.7 Å². The first-order valence-corrected chi connectivity index (χ1v) is 16.1. The maximum atomic E-state index is 12.6. The summed E-state index contributed by atoms with van der Waals surface area (Å²) in [5.74, 6) is -0.142. The number of allylic oxidation sites excluding steroid dienone is 12. The molecule has 0 heterocycles. The molecule has 0 saturated carbocycles. The van der Waals surface area contributed by atoms with E-state index in [0.29, 0.717) is 37.9 Å². The number of carbonyl (C=O) groups excluding carboxylic acids is 2. The second-order valence-corrected chi connectivity index (χ2v) is 10.6. The van der Waals surface area contributed by atoms with E-state index in [-0.39, 0.29) is 30.1 Å². The fourth-order valence-electron chi connectivity index (χ4n) is 4.45. The van der Waals surface area contributed by atoms with Crippen LogP contribution in [0.15, 0.2) is 84.6 Å². The SMILES string of the molecule is CC/C=C\C/C=C\C/C=C\C/C=C\C/C=C\C/C=C\CCC(=O)NCCNC(=O)C1=CC(OC(CC)CC)CC(N)C1. The van der Waals surface area contributed by atoms with Crippen molar-refractivity contribution < 1.29 is 14.3 Å². The normalized spacial score (nSPS) is 18.1. The zero-order valence-corrected chi connectivity index (χ0v) is 26.4. The van der Waals surface area contributed by atoms with Crippen molar-refractivity contribution in [1.82, 2.24) is 10.6 Å². The third-order valence-corrected chi connectivity index (χ3v) is 6.84. The van der Waals surface area contributed by atoms with E-state index < -0.39 is 0 Å². The number of hydrogen-bond donors (Lipinski definition) is 3. The van der Waals surface area contributed by atoms with E-state index in [1.807, 2.05) is 12.2 Å². The Morgan fingerprint density at radius 3 is 1.83 bits per heavy atom. The maximum Gasteiger partial charge on any atom is 0.247 e. The van der Waals surface area contributed by atoms with Gasteiger partial charge in [0, 0.05) is 31.1 Å². The van der Waals surface area contributed by atoms with Crippen LogP contribution in [0.5, 0.6) is 0 Å². The third-order valence-electron chi connectivity index (χ3n) is 6.84. The van der Waals surface area contributed by atoms with Crippen LogP contribution in [0.3, 0.4) is 0 Å². The predicted octanol–water partition coefficient (Wildman–Crippen LogP) is 7.32. The fraction of sp³-hybridized carbons (Fsp3) is 0.556. The van der Waals surface area contributed by atoms with Gasteiger partial charge in [0.2, 0.25) is 11.8 Å². The molecule has 0 bridgehead atoms. The Kier molecular flexibility index (Phi) is 22.7. The largest absolute Gasteiger partial charge is 0.371 e. The lowest BCUT2D eigenvalue weighted by Crippen LogP contribution is -2.39. The summed E-state index contributed by atoms with van der Waals surface area (Å²) in [6, 6.07) is -0.0798. The fourth-order valence-corrected chi connectivity index (χ4v) is 4.45. The molecule has 0 fully saturated rings. The molecular weight excluding hydrogens is 522 g/mol. The molecule has 6 nitrogen and oxygen atoms in total. The van der Waals surface area contributed by atoms with Crippen LogP contribution in [0.2, 0.25) is 0 Å². The first kappa shape index (κ1) is 37.1. The van der Waals surface area contributed by atoms with Crippen molar-refractivity contribution >= 4 is 11.8 Å². The molecule has 4 N–H and O–H groups in total. The number of ether oxygens (including phenoxy) is 1. The number of nitrogens with two attached hydrogens (primary N) is 1. The zero-order valence-electron chi connectivity index (χ0n) is 26.4. The number of hydrogen-bond acceptors (Lipinski definition) is 4. The highest BCUT2D eigenvalue weighted by Crippen LogP contribution is 2.22. The highest BCUT2D eigenvalue weighted by molar-refractivity contribution is 5.93. The van der Waals surface area contributed by atoms with Crippen LogP contribution in [0.4, 0.5) is 0 Å². The zero-order chi connectivity index (χ0) is 30.7. The molecule has 0 spiro atoms. The first-order valence-electron chi connectivity index (χ1n) is 16.1. The summed E-state index contributed by atoms with van der Waals surface area (Å²) in [5.41, 5.74) is 6.85. The molecule has 42 heavy (non-hydrogen) atoms. The quantitative estimate of drug-likeness (QED) is 0.0925. The van der Waals surface area contributed by atoms with E-state index in [9.17, 15) is 9.59 Å². The summed E-state index contributed by atoms with van der Waals surface area (Å²) >= 11 is 0. The second-order valence-electron chi connectivity index (χ2n) is 10.6. The van der Waals surface area contributed by atoms with Crippen molar-refractivity contribution in [2.45, 2.75) is 116 Å². The van der Waals surface area contributed by atoms with Gasteiger partial charge in [0.15, 0.2) is 0 Å². The van der Waals surface area contributed by atoms with Gasteiger partial charge in [-0.25, -0.2) is 0 Å². The van der Waals surface area contributed by atoms with Gasteiger partial charge in [-0.15, -0.1) is 0 Å². The number of rotatable bonds is 22. The van der Waals surface area contributed by atoms with Gasteiger partial charge < -0.3 is 21.1 Å². The van der Waals surface area contributed by atoms with E-state index in [0.717, 1.165) is 57.8 Å². The summed E-state index contributed by atoms with van der Waals surface area (Å²) in [6.07, 6.45) is 38.2. The molecule has 6 heteroatoms. The van der Waals surface area contributed by atoms with Crippen molar-refractivity contribution in [3.05, 3.63) is 84.6 Å². The summed E-state index contributed by atoms with van der Waals surface area (Å²) in [6.45, 7) is 7.15. The molecule has 1 rings (SSSR count). The first-order chi connectivity index (χ1) is 20.5. The van der Waals surface area contributed by atoms with Crippen molar-refractivity contribution in [3.8, 4) is 0 Å². The molecular formula is C36H57N3O3. The van der Waals surface area contributed by atoms with Crippen LogP contribution >= 0.6 is 0 Å². The summed E-state index contributed by atoms with van der Waals surface area (Å²) < 4.78 is 6.10. The van der Waals surface area contributed by atoms with Gasteiger partial charge in [0.25, 0.3) is 0 Å². The standard InChI is InChI=1S/C36H57N3O3/c1-4-7-8-9-10-11-12-13-14-15-16-17-18-19-20-21-22-23-24-25-35(40)38-26-27-39-36(41)31-28-32(37)30-34(29-31)42-33(5-2)6-3/h7-8,10-11,13-14,16-17,19-20,22-23,29,32-34H,4-6,9,12,15,18,21,24-28,30,37H2,1-3H3,(H,38,40)(H,39,41)/b8-7-,11-10-,14-13-,17-16-,20-19-,23-22-. The minimum absolute atomic E-state index is 0.0127. The number of amides is 2. The molecule has 0 aromatic carbocycles. The van der Waals surface area contributed by atoms with Crippen LogP contribution in [0.25, 0.3) is 0 Å². The van der Waals surface area contributed by atoms with Gasteiger partial charge >= 0.3 is 0 Å². The number of nitrogens with one attached hydrogen (secondary N) is 2. The Morgan fingerprint density at radius 2 is 1.31 bits per heavy atom. The van der Waals surface area contributed by atoms with E-state index in [2.05, 4.69) is 98.2 Å². The summed E-state index contributed by atoms with van der Waals surface area (Å²) in [7, 11) is 0. The van der Waals surface area contributed by atoms with Crippen LogP contribution in [-0.4, -0.2) is 43.2 Å². The second kappa shape index (κ2) is 25.7. The minimum Gasteiger partial charge on any atom is -0.371 e. The molecule has 0 aromatic rings. The molecule has 1 aliphatic carbocycles. The van der Waals surface area contributed by atoms with Gasteiger partial charge in [0.1, 0.15) is 0 Å². The van der Waals surface area contributed by atoms with E-state index in [1.54, 1.807) is 0 Å². The van der Waals surface area contributed by atoms with Gasteiger partial charge in [-0.3, -0.25) is 9.59 Å². The summed E-state index contributed by atoms with van der Waals surface area (Å²) in [5, 5.41) is 5.76. The average Bonchev–Trinajstić information content (AvgIpc) is 2.98. The Bertz CT molecular complexity index is 939. The van der Waals surface area contributed by atoms with Gasteiger partial charge in [0.05, 0.1) is 12.2 Å². The van der Waals surface area contributed by atoms with Crippen LogP contribution in [-0.2, 0) is 14.3 Å². The van der Waals surface area contributed by atoms with Crippen LogP contribution in [0, 0.1) is 0 Å². The van der Waals surface area contributed by atoms with Crippen molar-refractivity contribution in [3.63, 3.8) is 0 Å². The Hall–Kier alpha value is -2.96. The van der Waals surface area contributed by atoms with Crippen molar-refractivity contribution in [2.75, 3.05) is 13.1 Å². The molecule has 2 atom stereocenters. The molecule has 234 valence electrons. The maximum absolute atomic E-state index is 12.6. The van der Waals surface area contributed by atoms with E-state index in [4.69, 9.17) is 10.5 Å². The van der Waals surface area contributed by atoms with Crippen LogP contribution in [0.1, 0.15) is 97.8 Å². The topological polar surface area (TPSA) is 93.5 Å². The predicted molar refractivity (Wildman–Crippen MR) is 178 cm³/mol. The van der Waals surface area contributed by atoms with Crippen LogP contribution < -0.4 is 16.4 Å². The highest BCUT2D eigenvalue weighted by atomic mass is 16.5. The van der Waals surface area contributed by atoms with Crippen molar-refractivity contribution in [1.29, 1.82) is 0 Å². The molecule has 2 unspecified atom stereocenters. The smallest absolute Gasteiger partial charge is 0.247 e. The Morgan fingerprint density at radius 1 is 0.810 bits per heavy atom. The molecule has 0 aliphatic heterocycles. The highest BCUT2D eigenvalue weighted by Gasteiger charge is 2.25. The Balaban J connectivity index is 2.10. The minimum atomic E-state index is -0.129. The molecule has 2 amide bonds. The lowest BCUT2D eigenvalue weighted by Gasteiger charge is -2.28. The Labute approximate surface area is 256 Å². The summed E-state index contributed by atoms with van der Waals surface area (Å²) in [4.78, 5) is 24.7. The molecule has 0 aromatic heterocycles. The average molecular weight is 580 g/mol. The monoisotopic (exact) mass is 579 g/mol. The van der Waals surface area contributed by atoms with Gasteiger partial charge in [-0.2, -0.15) is 0 Å². The molecule has 0 saturated heterocycles. The lowest BCUT2D eigenvalue weighted by atomic mass is 9.92.